The van der Waals surface area contributed by atoms with Crippen LogP contribution >= 0.6 is 23.2 Å². The molecule has 9 heteroatoms. The largest absolute Gasteiger partial charge is 0.431 e. The van der Waals surface area contributed by atoms with E-state index in [0.717, 1.165) is 5.06 Å². The van der Waals surface area contributed by atoms with Crippen molar-refractivity contribution in [2.24, 2.45) is 0 Å². The number of hydrogen-bond acceptors (Lipinski definition) is 5. The molecule has 7 nitrogen and oxygen atoms in total. The Morgan fingerprint density at radius 3 is 2.50 bits per heavy atom. The van der Waals surface area contributed by atoms with Crippen molar-refractivity contribution in [3.63, 3.8) is 0 Å². The van der Waals surface area contributed by atoms with Crippen LogP contribution in [0, 0.1) is 0 Å². The number of halogens is 2. The van der Waals surface area contributed by atoms with E-state index in [0.29, 0.717) is 13.1 Å². The number of nitrogens with zero attached hydrogens (tertiary/aromatic N) is 1. The molecule has 20 heavy (non-hydrogen) atoms. The van der Waals surface area contributed by atoms with E-state index in [1.807, 2.05) is 0 Å². The summed E-state index contributed by atoms with van der Waals surface area (Å²) < 4.78 is 4.96. The van der Waals surface area contributed by atoms with Gasteiger partial charge < -0.3 is 20.2 Å². The van der Waals surface area contributed by atoms with Crippen molar-refractivity contribution >= 4 is 35.4 Å². The van der Waals surface area contributed by atoms with E-state index >= 15 is 0 Å². The van der Waals surface area contributed by atoms with Crippen molar-refractivity contribution in [1.82, 2.24) is 15.7 Å². The zero-order valence-corrected chi connectivity index (χ0v) is 12.5. The lowest BCUT2D eigenvalue weighted by Crippen LogP contribution is -2.38. The van der Waals surface area contributed by atoms with E-state index in [1.165, 1.54) is 12.2 Å². The van der Waals surface area contributed by atoms with E-state index in [-0.39, 0.29) is 10.9 Å². The van der Waals surface area contributed by atoms with Gasteiger partial charge in [0.2, 0.25) is 0 Å². The van der Waals surface area contributed by atoms with Crippen molar-refractivity contribution in [1.29, 1.82) is 0 Å². The minimum absolute atomic E-state index is 0.0267. The van der Waals surface area contributed by atoms with Crippen molar-refractivity contribution in [3.8, 4) is 0 Å². The van der Waals surface area contributed by atoms with Gasteiger partial charge >= 0.3 is 12.2 Å². The standard InChI is InChI=1S/C11H15Cl2N3O4/c1-3-14-10(17)19-7-5-6-8(12)16(9(7)13)20-11(18)15-4-2/h5-6,8H,3-4H2,1-2H3,(H,14,17)(H,15,18). The van der Waals surface area contributed by atoms with Crippen LogP contribution < -0.4 is 10.6 Å². The number of carbonyl (C=O) groups is 2. The molecule has 1 heterocycles. The lowest BCUT2D eigenvalue weighted by molar-refractivity contribution is -0.0672. The van der Waals surface area contributed by atoms with Crippen LogP contribution in [0.5, 0.6) is 0 Å². The molecule has 0 bridgehead atoms. The number of amides is 2. The highest BCUT2D eigenvalue weighted by Gasteiger charge is 2.28. The molecule has 1 aliphatic rings. The molecule has 1 atom stereocenters. The Bertz CT molecular complexity index is 439. The third-order valence-electron chi connectivity index (χ3n) is 2.05. The van der Waals surface area contributed by atoms with Gasteiger partial charge in [-0.25, -0.2) is 9.59 Å². The Hall–Kier alpha value is -1.60. The van der Waals surface area contributed by atoms with E-state index in [1.54, 1.807) is 13.8 Å². The zero-order valence-electron chi connectivity index (χ0n) is 11.0. The molecule has 0 aromatic heterocycles. The second kappa shape index (κ2) is 7.86. The molecule has 1 aliphatic heterocycles. The molecule has 0 aliphatic carbocycles. The molecule has 0 aromatic carbocycles. The van der Waals surface area contributed by atoms with Crippen molar-refractivity contribution in [2.45, 2.75) is 19.3 Å². The highest BCUT2D eigenvalue weighted by molar-refractivity contribution is 6.31. The van der Waals surface area contributed by atoms with Crippen molar-refractivity contribution in [2.75, 3.05) is 13.1 Å². The predicted octanol–water partition coefficient (Wildman–Crippen LogP) is 2.24. The first-order chi connectivity index (χ1) is 9.49. The smallest absolute Gasteiger partial charge is 0.407 e. The maximum atomic E-state index is 11.4. The molecule has 2 N–H and O–H groups in total. The van der Waals surface area contributed by atoms with E-state index in [2.05, 4.69) is 10.6 Å². The molecule has 112 valence electrons. The van der Waals surface area contributed by atoms with Crippen LogP contribution in [0.25, 0.3) is 0 Å². The summed E-state index contributed by atoms with van der Waals surface area (Å²) in [6.07, 6.45) is 1.49. The summed E-state index contributed by atoms with van der Waals surface area (Å²) in [5.74, 6) is 0.0267. The van der Waals surface area contributed by atoms with E-state index in [9.17, 15) is 9.59 Å². The van der Waals surface area contributed by atoms with Crippen LogP contribution in [0.2, 0.25) is 0 Å². The fourth-order valence-electron chi connectivity index (χ4n) is 1.24. The number of hydrogen-bond donors (Lipinski definition) is 2. The minimum Gasteiger partial charge on any atom is -0.407 e. The highest BCUT2D eigenvalue weighted by atomic mass is 35.5. The fraction of sp³-hybridized carbons (Fsp3) is 0.455. The number of ether oxygens (including phenoxy) is 1. The van der Waals surface area contributed by atoms with Crippen LogP contribution in [0.4, 0.5) is 9.59 Å². The summed E-state index contributed by atoms with van der Waals surface area (Å²) in [5.41, 5.74) is -0.799. The average Bonchev–Trinajstić information content (AvgIpc) is 2.38. The van der Waals surface area contributed by atoms with Crippen LogP contribution in [0.3, 0.4) is 0 Å². The zero-order chi connectivity index (χ0) is 15.1. The molecule has 1 unspecified atom stereocenters. The summed E-state index contributed by atoms with van der Waals surface area (Å²) in [6.45, 7) is 4.27. The fourth-order valence-corrected chi connectivity index (χ4v) is 1.74. The Labute approximate surface area is 126 Å². The number of rotatable bonds is 4. The first kappa shape index (κ1) is 16.5. The maximum Gasteiger partial charge on any atom is 0.431 e. The second-order valence-electron chi connectivity index (χ2n) is 3.54. The number of alkyl carbamates (subject to hydrolysis) is 1. The summed E-state index contributed by atoms with van der Waals surface area (Å²) in [4.78, 5) is 27.6. The van der Waals surface area contributed by atoms with Crippen LogP contribution in [-0.2, 0) is 9.57 Å². The van der Waals surface area contributed by atoms with Gasteiger partial charge in [0.05, 0.1) is 0 Å². The molecule has 0 aromatic rings. The lowest BCUT2D eigenvalue weighted by Gasteiger charge is -2.28. The number of hydroxylamine groups is 2. The van der Waals surface area contributed by atoms with Crippen molar-refractivity contribution in [3.05, 3.63) is 23.1 Å². The van der Waals surface area contributed by atoms with Gasteiger partial charge in [0.1, 0.15) is 0 Å². The number of nitrogens with one attached hydrogen (secondary N) is 2. The van der Waals surface area contributed by atoms with Crippen molar-refractivity contribution < 1.29 is 19.2 Å². The number of allylic oxidation sites excluding steroid dienone is 1. The summed E-state index contributed by atoms with van der Waals surface area (Å²) >= 11 is 11.9. The average molecular weight is 324 g/mol. The molecule has 0 radical (unpaired) electrons. The van der Waals surface area contributed by atoms with Gasteiger partial charge in [-0.2, -0.15) is 5.06 Å². The van der Waals surface area contributed by atoms with E-state index in [4.69, 9.17) is 32.8 Å². The van der Waals surface area contributed by atoms with Crippen LogP contribution in [0.1, 0.15) is 13.8 Å². The maximum absolute atomic E-state index is 11.4. The van der Waals surface area contributed by atoms with Crippen LogP contribution in [-0.4, -0.2) is 35.8 Å². The normalized spacial score (nSPS) is 17.8. The van der Waals surface area contributed by atoms with Crippen LogP contribution in [0.15, 0.2) is 23.1 Å². The number of carbonyl (C=O) groups excluding carboxylic acids is 2. The van der Waals surface area contributed by atoms with Gasteiger partial charge in [0.25, 0.3) is 0 Å². The van der Waals surface area contributed by atoms with Gasteiger partial charge in [0.15, 0.2) is 16.4 Å². The predicted molar refractivity (Wildman–Crippen MR) is 73.8 cm³/mol. The number of alkyl halides is 1. The van der Waals surface area contributed by atoms with Gasteiger partial charge in [-0.05, 0) is 26.0 Å². The monoisotopic (exact) mass is 323 g/mol. The second-order valence-corrected chi connectivity index (χ2v) is 4.35. The van der Waals surface area contributed by atoms with Gasteiger partial charge in [-0.1, -0.05) is 23.2 Å². The van der Waals surface area contributed by atoms with E-state index < -0.39 is 17.7 Å². The molecular formula is C11H15Cl2N3O4. The molecule has 1 rings (SSSR count). The quantitative estimate of drug-likeness (QED) is 0.612. The minimum atomic E-state index is -0.799. The first-order valence-corrected chi connectivity index (χ1v) is 6.73. The molecule has 0 saturated carbocycles. The Morgan fingerprint density at radius 2 is 1.90 bits per heavy atom. The summed E-state index contributed by atoms with van der Waals surface area (Å²) in [7, 11) is 0. The first-order valence-electron chi connectivity index (χ1n) is 5.92. The lowest BCUT2D eigenvalue weighted by atomic mass is 10.3. The Morgan fingerprint density at radius 1 is 1.30 bits per heavy atom. The molecule has 0 spiro atoms. The molecule has 0 saturated heterocycles. The van der Waals surface area contributed by atoms with Gasteiger partial charge in [-0.15, -0.1) is 0 Å². The molecule has 0 fully saturated rings. The third-order valence-corrected chi connectivity index (χ3v) is 2.73. The topological polar surface area (TPSA) is 79.9 Å². The highest BCUT2D eigenvalue weighted by Crippen LogP contribution is 2.27. The Kier molecular flexibility index (Phi) is 6.47. The summed E-state index contributed by atoms with van der Waals surface area (Å²) in [6, 6.07) is 0. The van der Waals surface area contributed by atoms with Gasteiger partial charge in [0, 0.05) is 13.1 Å². The third kappa shape index (κ3) is 4.50. The Balaban J connectivity index is 2.78. The summed E-state index contributed by atoms with van der Waals surface area (Å²) in [5, 5.41) is 5.69. The van der Waals surface area contributed by atoms with Gasteiger partial charge in [-0.3, -0.25) is 0 Å². The molecular weight excluding hydrogens is 309 g/mol. The SMILES string of the molecule is CCNC(=O)OC1=C(Cl)N(OC(=O)NCC)C(Cl)C=C1. The molecule has 2 amide bonds.